The van der Waals surface area contributed by atoms with Gasteiger partial charge in [-0.05, 0) is 37.1 Å². The molecule has 0 radical (unpaired) electrons. The number of aryl methyl sites for hydroxylation is 2. The Hall–Kier alpha value is -2.33. The molecule has 4 heteroatoms. The lowest BCUT2D eigenvalue weighted by molar-refractivity contribution is 0.939. The Morgan fingerprint density at radius 1 is 0.957 bits per heavy atom. The minimum absolute atomic E-state index is 0.894. The van der Waals surface area contributed by atoms with Gasteiger partial charge in [-0.2, -0.15) is 0 Å². The number of para-hydroxylation sites is 1. The molecule has 114 valence electrons. The molecule has 0 aliphatic carbocycles. The van der Waals surface area contributed by atoms with E-state index >= 15 is 0 Å². The first kappa shape index (κ1) is 14.3. The zero-order chi connectivity index (χ0) is 15.8. The molecule has 0 fully saturated rings. The lowest BCUT2D eigenvalue weighted by atomic mass is 10.1. The molecule has 0 bridgehead atoms. The van der Waals surface area contributed by atoms with Crippen LogP contribution in [0.4, 0.5) is 0 Å². The molecule has 0 atom stereocenters. The third kappa shape index (κ3) is 2.59. The monoisotopic (exact) mass is 319 g/mol. The van der Waals surface area contributed by atoms with E-state index in [1.54, 1.807) is 11.8 Å². The van der Waals surface area contributed by atoms with Crippen molar-refractivity contribution in [3.05, 3.63) is 71.3 Å². The molecule has 4 rings (SSSR count). The Morgan fingerprint density at radius 3 is 2.70 bits per heavy atom. The second kappa shape index (κ2) is 5.70. The molecule has 0 aliphatic heterocycles. The molecule has 0 saturated carbocycles. The van der Waals surface area contributed by atoms with Gasteiger partial charge in [0.15, 0.2) is 10.8 Å². The molecule has 0 amide bonds. The molecule has 3 nitrogen and oxygen atoms in total. The van der Waals surface area contributed by atoms with Gasteiger partial charge >= 0.3 is 0 Å². The van der Waals surface area contributed by atoms with Crippen molar-refractivity contribution in [3.8, 4) is 0 Å². The van der Waals surface area contributed by atoms with Crippen molar-refractivity contribution in [3.63, 3.8) is 0 Å². The topological polar surface area (TPSA) is 30.2 Å². The largest absolute Gasteiger partial charge is 0.270 e. The van der Waals surface area contributed by atoms with Crippen LogP contribution >= 0.6 is 11.8 Å². The summed E-state index contributed by atoms with van der Waals surface area (Å²) in [7, 11) is 0. The van der Waals surface area contributed by atoms with Crippen LogP contribution in [0.1, 0.15) is 16.7 Å². The molecular formula is C19H17N3S. The molecule has 0 spiro atoms. The zero-order valence-electron chi connectivity index (χ0n) is 13.2. The van der Waals surface area contributed by atoms with Crippen molar-refractivity contribution < 1.29 is 0 Å². The maximum absolute atomic E-state index is 4.40. The van der Waals surface area contributed by atoms with Crippen molar-refractivity contribution in [2.24, 2.45) is 0 Å². The first-order chi connectivity index (χ1) is 11.2. The Morgan fingerprint density at radius 2 is 1.83 bits per heavy atom. The van der Waals surface area contributed by atoms with E-state index in [9.17, 15) is 0 Å². The van der Waals surface area contributed by atoms with Gasteiger partial charge in [-0.25, -0.2) is 0 Å². The van der Waals surface area contributed by atoms with E-state index < -0.39 is 0 Å². The molecule has 4 aromatic rings. The Kier molecular flexibility index (Phi) is 3.54. The predicted molar refractivity (Wildman–Crippen MR) is 96.0 cm³/mol. The van der Waals surface area contributed by atoms with Crippen LogP contribution in [-0.4, -0.2) is 14.6 Å². The molecule has 2 heterocycles. The van der Waals surface area contributed by atoms with Gasteiger partial charge in [0, 0.05) is 11.1 Å². The van der Waals surface area contributed by atoms with Gasteiger partial charge in [0.25, 0.3) is 0 Å². The van der Waals surface area contributed by atoms with Gasteiger partial charge in [0.1, 0.15) is 0 Å². The van der Waals surface area contributed by atoms with Crippen molar-refractivity contribution in [2.45, 2.75) is 24.8 Å². The number of hydrogen-bond donors (Lipinski definition) is 0. The van der Waals surface area contributed by atoms with Gasteiger partial charge in [-0.3, -0.25) is 4.40 Å². The summed E-state index contributed by atoms with van der Waals surface area (Å²) in [5.41, 5.74) is 5.90. The quantitative estimate of drug-likeness (QED) is 0.509. The van der Waals surface area contributed by atoms with Crippen molar-refractivity contribution in [2.75, 3.05) is 0 Å². The summed E-state index contributed by atoms with van der Waals surface area (Å²) in [6, 6.07) is 19.1. The maximum atomic E-state index is 4.40. The van der Waals surface area contributed by atoms with Crippen molar-refractivity contribution in [1.82, 2.24) is 14.6 Å². The highest BCUT2D eigenvalue weighted by molar-refractivity contribution is 7.98. The van der Waals surface area contributed by atoms with E-state index in [-0.39, 0.29) is 0 Å². The average Bonchev–Trinajstić information content (AvgIpc) is 2.96. The standard InChI is InChI=1S/C19H17N3S/c1-13-6-5-7-15(10-13)12-23-19-21-20-18-11-14(2)16-8-3-4-9-17(16)22(18)19/h3-11H,12H2,1-2H3. The first-order valence-corrected chi connectivity index (χ1v) is 8.63. The number of aromatic nitrogens is 3. The number of thioether (sulfide) groups is 1. The number of rotatable bonds is 3. The lowest BCUT2D eigenvalue weighted by Crippen LogP contribution is -1.93. The van der Waals surface area contributed by atoms with E-state index in [0.717, 1.165) is 16.6 Å². The smallest absolute Gasteiger partial charge is 0.196 e. The summed E-state index contributed by atoms with van der Waals surface area (Å²) < 4.78 is 2.16. The number of fused-ring (bicyclic) bond motifs is 3. The molecule has 2 aromatic carbocycles. The SMILES string of the molecule is Cc1cccc(CSc2nnc3cc(C)c4ccccc4n23)c1. The summed E-state index contributed by atoms with van der Waals surface area (Å²) in [5.74, 6) is 0.894. The van der Waals surface area contributed by atoms with Crippen LogP contribution in [0.5, 0.6) is 0 Å². The molecule has 23 heavy (non-hydrogen) atoms. The van der Waals surface area contributed by atoms with Crippen molar-refractivity contribution in [1.29, 1.82) is 0 Å². The minimum atomic E-state index is 0.894. The van der Waals surface area contributed by atoms with Crippen LogP contribution in [-0.2, 0) is 5.75 Å². The Labute approximate surface area is 139 Å². The number of benzene rings is 2. The van der Waals surface area contributed by atoms with Gasteiger partial charge in [-0.15, -0.1) is 10.2 Å². The normalized spacial score (nSPS) is 11.4. The number of pyridine rings is 1. The fourth-order valence-corrected chi connectivity index (χ4v) is 3.81. The molecule has 0 N–H and O–H groups in total. The van der Waals surface area contributed by atoms with Crippen LogP contribution < -0.4 is 0 Å². The highest BCUT2D eigenvalue weighted by Gasteiger charge is 2.11. The third-order valence-corrected chi connectivity index (χ3v) is 5.02. The summed E-state index contributed by atoms with van der Waals surface area (Å²) >= 11 is 1.73. The van der Waals surface area contributed by atoms with Crippen LogP contribution in [0.15, 0.2) is 59.8 Å². The highest BCUT2D eigenvalue weighted by atomic mass is 32.2. The fourth-order valence-electron chi connectivity index (χ4n) is 2.92. The molecule has 0 unspecified atom stereocenters. The van der Waals surface area contributed by atoms with Crippen LogP contribution in [0.25, 0.3) is 16.6 Å². The van der Waals surface area contributed by atoms with Gasteiger partial charge in [-0.1, -0.05) is 59.8 Å². The Balaban J connectivity index is 1.77. The third-order valence-electron chi connectivity index (χ3n) is 4.02. The summed E-state index contributed by atoms with van der Waals surface area (Å²) in [5, 5.41) is 10.9. The van der Waals surface area contributed by atoms with E-state index in [1.807, 2.05) is 0 Å². The molecular weight excluding hydrogens is 302 g/mol. The van der Waals surface area contributed by atoms with Gasteiger partial charge < -0.3 is 0 Å². The summed E-state index contributed by atoms with van der Waals surface area (Å²) in [6.07, 6.45) is 0. The second-order valence-corrected chi connectivity index (χ2v) is 6.74. The fraction of sp³-hybridized carbons (Fsp3) is 0.158. The van der Waals surface area contributed by atoms with E-state index in [0.29, 0.717) is 0 Å². The average molecular weight is 319 g/mol. The van der Waals surface area contributed by atoms with Crippen molar-refractivity contribution >= 4 is 28.3 Å². The second-order valence-electron chi connectivity index (χ2n) is 5.80. The van der Waals surface area contributed by atoms with E-state index in [1.165, 1.54) is 27.6 Å². The van der Waals surface area contributed by atoms with Gasteiger partial charge in [0.2, 0.25) is 0 Å². The van der Waals surface area contributed by atoms with Crippen LogP contribution in [0.3, 0.4) is 0 Å². The molecule has 0 saturated heterocycles. The lowest BCUT2D eigenvalue weighted by Gasteiger charge is -2.07. The summed E-state index contributed by atoms with van der Waals surface area (Å²) in [4.78, 5) is 0. The predicted octanol–water partition coefficient (Wildman–Crippen LogP) is 4.79. The highest BCUT2D eigenvalue weighted by Crippen LogP contribution is 2.27. The molecule has 0 aliphatic rings. The number of nitrogens with zero attached hydrogens (tertiary/aromatic N) is 3. The van der Waals surface area contributed by atoms with Crippen LogP contribution in [0.2, 0.25) is 0 Å². The molecule has 2 aromatic heterocycles. The summed E-state index contributed by atoms with van der Waals surface area (Å²) in [6.45, 7) is 4.24. The Bertz CT molecular complexity index is 1000. The van der Waals surface area contributed by atoms with E-state index in [2.05, 4.69) is 83.0 Å². The number of hydrogen-bond acceptors (Lipinski definition) is 3. The first-order valence-electron chi connectivity index (χ1n) is 7.64. The van der Waals surface area contributed by atoms with E-state index in [4.69, 9.17) is 0 Å². The van der Waals surface area contributed by atoms with Gasteiger partial charge in [0.05, 0.1) is 5.52 Å². The minimum Gasteiger partial charge on any atom is -0.270 e. The zero-order valence-corrected chi connectivity index (χ0v) is 14.0. The maximum Gasteiger partial charge on any atom is 0.196 e. The van der Waals surface area contributed by atoms with Crippen LogP contribution in [0, 0.1) is 13.8 Å².